The van der Waals surface area contributed by atoms with Crippen molar-refractivity contribution in [1.29, 1.82) is 0 Å². The van der Waals surface area contributed by atoms with Crippen molar-refractivity contribution in [3.8, 4) is 11.1 Å². The first-order valence-corrected chi connectivity index (χ1v) is 13.7. The molecule has 2 aromatic carbocycles. The smallest absolute Gasteiger partial charge is 0.314 e. The van der Waals surface area contributed by atoms with E-state index in [9.17, 15) is 4.79 Å². The van der Waals surface area contributed by atoms with Crippen molar-refractivity contribution in [1.82, 2.24) is 30.1 Å². The molecule has 1 aliphatic heterocycles. The number of aromatic nitrogens is 3. The van der Waals surface area contributed by atoms with Gasteiger partial charge in [-0.15, -0.1) is 0 Å². The van der Waals surface area contributed by atoms with E-state index < -0.39 is 0 Å². The van der Waals surface area contributed by atoms with E-state index in [0.29, 0.717) is 6.54 Å². The monoisotopic (exact) mass is 510 g/mol. The summed E-state index contributed by atoms with van der Waals surface area (Å²) in [5.41, 5.74) is 10.1. The fourth-order valence-electron chi connectivity index (χ4n) is 5.46. The number of carbonyl (C=O) groups excluding carboxylic acids is 1. The van der Waals surface area contributed by atoms with Crippen LogP contribution in [-0.2, 0) is 26.1 Å². The number of amides is 2. The minimum Gasteiger partial charge on any atom is -0.341 e. The number of aryl methyl sites for hydroxylation is 3. The zero-order chi connectivity index (χ0) is 26.6. The second kappa shape index (κ2) is 11.4. The number of rotatable bonds is 8. The van der Waals surface area contributed by atoms with Gasteiger partial charge in [0.15, 0.2) is 5.65 Å². The molecule has 4 aromatic rings. The number of likely N-dealkylation sites (tertiary alicyclic amines) is 1. The lowest BCUT2D eigenvalue weighted by Gasteiger charge is -2.18. The number of nitrogens with zero attached hydrogens (tertiary/aromatic N) is 4. The highest BCUT2D eigenvalue weighted by Gasteiger charge is 2.16. The van der Waals surface area contributed by atoms with Crippen molar-refractivity contribution >= 4 is 17.2 Å². The molecule has 0 atom stereocenters. The fraction of sp³-hybridized carbons (Fsp3) is 0.387. The molecule has 0 bridgehead atoms. The average molecular weight is 511 g/mol. The second-order valence-electron chi connectivity index (χ2n) is 10.3. The van der Waals surface area contributed by atoms with Gasteiger partial charge in [-0.2, -0.15) is 0 Å². The summed E-state index contributed by atoms with van der Waals surface area (Å²) >= 11 is 0. The highest BCUT2D eigenvalue weighted by Crippen LogP contribution is 2.28. The number of urea groups is 1. The molecule has 2 N–H and O–H groups in total. The molecule has 1 saturated heterocycles. The van der Waals surface area contributed by atoms with E-state index in [1.54, 1.807) is 7.05 Å². The zero-order valence-electron chi connectivity index (χ0n) is 23.0. The van der Waals surface area contributed by atoms with Gasteiger partial charge in [0.25, 0.3) is 0 Å². The molecule has 2 aromatic heterocycles. The van der Waals surface area contributed by atoms with Crippen LogP contribution in [0.4, 0.5) is 4.79 Å². The van der Waals surface area contributed by atoms with Crippen LogP contribution in [0.3, 0.4) is 0 Å². The molecule has 198 valence electrons. The molecule has 0 saturated carbocycles. The van der Waals surface area contributed by atoms with E-state index in [2.05, 4.69) is 82.5 Å². The molecule has 0 radical (unpaired) electrons. The predicted molar refractivity (Wildman–Crippen MR) is 153 cm³/mol. The molecular formula is C31H38N6O. The summed E-state index contributed by atoms with van der Waals surface area (Å²) in [6, 6.07) is 17.4. The Kier molecular flexibility index (Phi) is 7.74. The summed E-state index contributed by atoms with van der Waals surface area (Å²) in [5, 5.41) is 5.60. The van der Waals surface area contributed by atoms with Crippen LogP contribution in [0.2, 0.25) is 0 Å². The van der Waals surface area contributed by atoms with E-state index in [1.807, 2.05) is 6.92 Å². The first kappa shape index (κ1) is 25.9. The summed E-state index contributed by atoms with van der Waals surface area (Å²) in [6.07, 6.45) is 3.42. The quantitative estimate of drug-likeness (QED) is 0.335. The Hall–Kier alpha value is -3.71. The van der Waals surface area contributed by atoms with Gasteiger partial charge < -0.3 is 15.2 Å². The summed E-state index contributed by atoms with van der Waals surface area (Å²) in [6.45, 7) is 10.8. The molecule has 5 rings (SSSR count). The summed E-state index contributed by atoms with van der Waals surface area (Å²) in [4.78, 5) is 24.1. The Balaban J connectivity index is 1.44. The normalized spacial score (nSPS) is 13.8. The minimum atomic E-state index is -0.175. The Morgan fingerprint density at radius 1 is 0.947 bits per heavy atom. The fourth-order valence-corrected chi connectivity index (χ4v) is 5.46. The maximum absolute atomic E-state index is 11.9. The number of hydrogen-bond donors (Lipinski definition) is 2. The van der Waals surface area contributed by atoms with Crippen LogP contribution in [0.5, 0.6) is 0 Å². The lowest BCUT2D eigenvalue weighted by Crippen LogP contribution is -2.32. The second-order valence-corrected chi connectivity index (χ2v) is 10.3. The van der Waals surface area contributed by atoms with Gasteiger partial charge in [-0.05, 0) is 85.3 Å². The summed E-state index contributed by atoms with van der Waals surface area (Å²) in [7, 11) is 1.64. The van der Waals surface area contributed by atoms with Crippen molar-refractivity contribution in [3.63, 3.8) is 0 Å². The van der Waals surface area contributed by atoms with Crippen LogP contribution in [0.1, 0.15) is 53.5 Å². The van der Waals surface area contributed by atoms with Crippen LogP contribution >= 0.6 is 0 Å². The van der Waals surface area contributed by atoms with Gasteiger partial charge in [-0.1, -0.05) is 43.3 Å². The van der Waals surface area contributed by atoms with Gasteiger partial charge in [0.05, 0.1) is 6.54 Å². The zero-order valence-corrected chi connectivity index (χ0v) is 23.0. The van der Waals surface area contributed by atoms with Crippen LogP contribution in [-0.4, -0.2) is 45.6 Å². The van der Waals surface area contributed by atoms with Crippen molar-refractivity contribution in [2.75, 3.05) is 20.1 Å². The van der Waals surface area contributed by atoms with Crippen molar-refractivity contribution < 1.29 is 4.79 Å². The molecule has 38 heavy (non-hydrogen) atoms. The first-order valence-electron chi connectivity index (χ1n) is 13.7. The van der Waals surface area contributed by atoms with Gasteiger partial charge in [0, 0.05) is 32.3 Å². The number of carbonyl (C=O) groups is 1. The summed E-state index contributed by atoms with van der Waals surface area (Å²) < 4.78 is 2.25. The molecular weight excluding hydrogens is 472 g/mol. The van der Waals surface area contributed by atoms with Gasteiger partial charge in [-0.25, -0.2) is 14.8 Å². The Morgan fingerprint density at radius 3 is 2.39 bits per heavy atom. The molecule has 0 spiro atoms. The Morgan fingerprint density at radius 2 is 1.68 bits per heavy atom. The SMILES string of the molecule is CCc1nc2c(C)cc(C)nc2n1Cc1ccc(-c2cc(CN3CCCC3)ccc2CNC(=O)NC)cc1. The minimum absolute atomic E-state index is 0.175. The van der Waals surface area contributed by atoms with Gasteiger partial charge in [0.2, 0.25) is 0 Å². The number of benzene rings is 2. The highest BCUT2D eigenvalue weighted by molar-refractivity contribution is 5.76. The summed E-state index contributed by atoms with van der Waals surface area (Å²) in [5.74, 6) is 1.06. The number of nitrogens with one attached hydrogen (secondary N) is 2. The topological polar surface area (TPSA) is 75.1 Å². The van der Waals surface area contributed by atoms with Crippen molar-refractivity contribution in [2.24, 2.45) is 0 Å². The molecule has 0 aliphatic carbocycles. The largest absolute Gasteiger partial charge is 0.341 e. The van der Waals surface area contributed by atoms with E-state index in [0.717, 1.165) is 53.3 Å². The van der Waals surface area contributed by atoms with Crippen molar-refractivity contribution in [3.05, 3.63) is 82.3 Å². The van der Waals surface area contributed by atoms with E-state index in [-0.39, 0.29) is 6.03 Å². The molecule has 7 nitrogen and oxygen atoms in total. The van der Waals surface area contributed by atoms with Crippen LogP contribution in [0.15, 0.2) is 48.5 Å². The third-order valence-electron chi connectivity index (χ3n) is 7.47. The highest BCUT2D eigenvalue weighted by atomic mass is 16.2. The number of pyridine rings is 1. The third kappa shape index (κ3) is 5.58. The van der Waals surface area contributed by atoms with E-state index >= 15 is 0 Å². The standard InChI is InChI=1S/C31H38N6O/c1-5-28-35-29-21(2)16-22(3)34-30(29)37(28)20-23-8-11-25(12-9-23)27-17-24(19-36-14-6-7-15-36)10-13-26(27)18-33-31(38)32-4/h8-13,16-17H,5-7,14-15,18-20H2,1-4H3,(H2,32,33,38). The van der Waals surface area contributed by atoms with Crippen LogP contribution < -0.4 is 10.6 Å². The molecule has 7 heteroatoms. The Labute approximate surface area is 225 Å². The van der Waals surface area contributed by atoms with E-state index in [4.69, 9.17) is 9.97 Å². The average Bonchev–Trinajstić information content (AvgIpc) is 3.56. The molecule has 1 fully saturated rings. The molecule has 1 aliphatic rings. The Bertz CT molecular complexity index is 1430. The van der Waals surface area contributed by atoms with Gasteiger partial charge >= 0.3 is 6.03 Å². The van der Waals surface area contributed by atoms with Gasteiger partial charge in [-0.3, -0.25) is 4.90 Å². The van der Waals surface area contributed by atoms with Crippen LogP contribution in [0.25, 0.3) is 22.3 Å². The predicted octanol–water partition coefficient (Wildman–Crippen LogP) is 5.35. The van der Waals surface area contributed by atoms with Crippen molar-refractivity contribution in [2.45, 2.75) is 59.7 Å². The van der Waals surface area contributed by atoms with Gasteiger partial charge in [0.1, 0.15) is 11.3 Å². The molecule has 2 amide bonds. The maximum atomic E-state index is 11.9. The third-order valence-corrected chi connectivity index (χ3v) is 7.47. The number of hydrogen-bond acceptors (Lipinski definition) is 4. The maximum Gasteiger partial charge on any atom is 0.314 e. The lowest BCUT2D eigenvalue weighted by atomic mass is 9.96. The van der Waals surface area contributed by atoms with E-state index in [1.165, 1.54) is 48.2 Å². The molecule has 3 heterocycles. The number of fused-ring (bicyclic) bond motifs is 1. The first-order chi connectivity index (χ1) is 18.4. The number of imidazole rings is 1. The van der Waals surface area contributed by atoms with Crippen LogP contribution in [0, 0.1) is 13.8 Å². The molecule has 0 unspecified atom stereocenters. The lowest BCUT2D eigenvalue weighted by molar-refractivity contribution is 0.242.